The van der Waals surface area contributed by atoms with Gasteiger partial charge in [-0.05, 0) is 57.8 Å². The third-order valence-electron chi connectivity index (χ3n) is 6.15. The molecule has 0 aliphatic carbocycles. The van der Waals surface area contributed by atoms with Gasteiger partial charge in [0.05, 0.1) is 0 Å². The lowest BCUT2D eigenvalue weighted by atomic mass is 10.1. The summed E-state index contributed by atoms with van der Waals surface area (Å²) in [6.07, 6.45) is 30.4. The summed E-state index contributed by atoms with van der Waals surface area (Å²) in [5.41, 5.74) is 0. The van der Waals surface area contributed by atoms with Crippen LogP contribution in [0.4, 0.5) is 0 Å². The molecule has 40 heavy (non-hydrogen) atoms. The molecule has 3 N–H and O–H groups in total. The normalized spacial score (nSPS) is 9.60. The van der Waals surface area contributed by atoms with Crippen LogP contribution in [-0.4, -0.2) is 50.6 Å². The highest BCUT2D eigenvalue weighted by Crippen LogP contribution is 2.10. The molecule has 0 aliphatic heterocycles. The zero-order valence-electron chi connectivity index (χ0n) is 25.5. The van der Waals surface area contributed by atoms with E-state index in [0.29, 0.717) is 19.3 Å². The van der Waals surface area contributed by atoms with E-state index in [0.717, 1.165) is 57.8 Å². The van der Waals surface area contributed by atoms with Crippen molar-refractivity contribution < 1.29 is 29.7 Å². The standard InChI is InChI=1S/3C11H20O2.Al/c3*1-2-3-4-5-6-7-8-9-10-11(12)13;/h3*2H,1,3-10H2,(H,12,13);. The summed E-state index contributed by atoms with van der Waals surface area (Å²) >= 11 is 0. The molecule has 0 aromatic heterocycles. The van der Waals surface area contributed by atoms with Gasteiger partial charge in [0.2, 0.25) is 0 Å². The van der Waals surface area contributed by atoms with Crippen LogP contribution in [0, 0.1) is 0 Å². The fourth-order valence-electron chi connectivity index (χ4n) is 3.82. The number of unbranched alkanes of at least 4 members (excludes halogenated alkanes) is 18. The monoisotopic (exact) mass is 579 g/mol. The molecular formula is C33H60AlO6. The fourth-order valence-corrected chi connectivity index (χ4v) is 3.82. The van der Waals surface area contributed by atoms with Gasteiger partial charge in [0.1, 0.15) is 0 Å². The number of hydrogen-bond acceptors (Lipinski definition) is 3. The van der Waals surface area contributed by atoms with Crippen LogP contribution in [-0.2, 0) is 14.4 Å². The van der Waals surface area contributed by atoms with Gasteiger partial charge in [-0.2, -0.15) is 0 Å². The Hall–Kier alpha value is -1.84. The molecule has 7 heteroatoms. The van der Waals surface area contributed by atoms with E-state index in [1.165, 1.54) is 77.0 Å². The summed E-state index contributed by atoms with van der Waals surface area (Å²) in [7, 11) is 0. The number of rotatable bonds is 27. The van der Waals surface area contributed by atoms with E-state index in [4.69, 9.17) is 15.3 Å². The molecule has 3 radical (unpaired) electrons. The minimum absolute atomic E-state index is 0. The van der Waals surface area contributed by atoms with Crippen molar-refractivity contribution >= 4 is 35.3 Å². The lowest BCUT2D eigenvalue weighted by molar-refractivity contribution is -0.138. The first-order valence-electron chi connectivity index (χ1n) is 15.3. The third kappa shape index (κ3) is 56.4. The highest BCUT2D eigenvalue weighted by atomic mass is 27.0. The fraction of sp³-hybridized carbons (Fsp3) is 0.727. The van der Waals surface area contributed by atoms with Crippen molar-refractivity contribution in [2.24, 2.45) is 0 Å². The van der Waals surface area contributed by atoms with E-state index >= 15 is 0 Å². The Morgan fingerprint density at radius 2 is 0.550 bits per heavy atom. The number of carboxylic acid groups (broad SMARTS) is 3. The minimum Gasteiger partial charge on any atom is -0.481 e. The van der Waals surface area contributed by atoms with E-state index in [-0.39, 0.29) is 17.4 Å². The molecule has 0 aromatic rings. The topological polar surface area (TPSA) is 112 Å². The number of aliphatic carboxylic acids is 3. The maximum absolute atomic E-state index is 10.2. The molecule has 0 fully saturated rings. The maximum atomic E-state index is 10.2. The summed E-state index contributed by atoms with van der Waals surface area (Å²) in [5.74, 6) is -2.02. The van der Waals surface area contributed by atoms with Crippen molar-refractivity contribution in [3.63, 3.8) is 0 Å². The Morgan fingerprint density at radius 1 is 0.375 bits per heavy atom. The van der Waals surface area contributed by atoms with Crippen LogP contribution in [0.1, 0.15) is 154 Å². The van der Waals surface area contributed by atoms with Crippen LogP contribution in [0.3, 0.4) is 0 Å². The van der Waals surface area contributed by atoms with Gasteiger partial charge in [-0.1, -0.05) is 95.3 Å². The highest BCUT2D eigenvalue weighted by molar-refractivity contribution is 5.75. The average Bonchev–Trinajstić information content (AvgIpc) is 2.89. The predicted molar refractivity (Wildman–Crippen MR) is 170 cm³/mol. The molecule has 0 spiro atoms. The van der Waals surface area contributed by atoms with Crippen LogP contribution in [0.5, 0.6) is 0 Å². The lowest BCUT2D eigenvalue weighted by Gasteiger charge is -1.98. The number of allylic oxidation sites excluding steroid dienone is 3. The van der Waals surface area contributed by atoms with Crippen molar-refractivity contribution in [1.29, 1.82) is 0 Å². The second-order valence-corrected chi connectivity index (χ2v) is 10.0. The second-order valence-electron chi connectivity index (χ2n) is 10.0. The van der Waals surface area contributed by atoms with E-state index in [1.807, 2.05) is 18.2 Å². The van der Waals surface area contributed by atoms with Crippen molar-refractivity contribution in [2.75, 3.05) is 0 Å². The van der Waals surface area contributed by atoms with Crippen LogP contribution < -0.4 is 0 Å². The molecule has 231 valence electrons. The molecule has 0 rings (SSSR count). The Balaban J connectivity index is -0.000000240. The quantitative estimate of drug-likeness (QED) is 0.0507. The van der Waals surface area contributed by atoms with E-state index in [9.17, 15) is 14.4 Å². The molecule has 0 heterocycles. The predicted octanol–water partition coefficient (Wildman–Crippen LogP) is 9.75. The number of carboxylic acids is 3. The van der Waals surface area contributed by atoms with Crippen molar-refractivity contribution in [3.8, 4) is 0 Å². The molecular weight excluding hydrogens is 519 g/mol. The van der Waals surface area contributed by atoms with E-state index in [1.54, 1.807) is 0 Å². The SMILES string of the molecule is C=CCCCCCCCCC(=O)O.C=CCCCCCCCCC(=O)O.C=CCCCCCCCCC(=O)O.[Al]. The molecule has 6 nitrogen and oxygen atoms in total. The molecule has 0 bridgehead atoms. The van der Waals surface area contributed by atoms with Gasteiger partial charge in [-0.25, -0.2) is 0 Å². The number of carbonyl (C=O) groups is 3. The summed E-state index contributed by atoms with van der Waals surface area (Å²) < 4.78 is 0. The molecule has 0 amide bonds. The summed E-state index contributed by atoms with van der Waals surface area (Å²) in [6, 6.07) is 0. The van der Waals surface area contributed by atoms with Gasteiger partial charge in [0.15, 0.2) is 0 Å². The molecule has 0 aromatic carbocycles. The highest BCUT2D eigenvalue weighted by Gasteiger charge is 1.97. The molecule has 0 saturated carbocycles. The lowest BCUT2D eigenvalue weighted by Crippen LogP contribution is -1.93. The molecule has 0 aliphatic rings. The van der Waals surface area contributed by atoms with E-state index in [2.05, 4.69) is 19.7 Å². The largest absolute Gasteiger partial charge is 0.481 e. The first-order chi connectivity index (χ1) is 18.8. The second kappa shape index (κ2) is 41.6. The van der Waals surface area contributed by atoms with Crippen LogP contribution in [0.15, 0.2) is 38.0 Å². The minimum atomic E-state index is -0.674. The van der Waals surface area contributed by atoms with Crippen LogP contribution >= 0.6 is 0 Å². The summed E-state index contributed by atoms with van der Waals surface area (Å²) in [5, 5.41) is 25.1. The number of hydrogen-bond donors (Lipinski definition) is 3. The average molecular weight is 580 g/mol. The van der Waals surface area contributed by atoms with Gasteiger partial charge in [0, 0.05) is 36.6 Å². The molecule has 0 saturated heterocycles. The van der Waals surface area contributed by atoms with Crippen LogP contribution in [0.25, 0.3) is 0 Å². The maximum Gasteiger partial charge on any atom is 0.303 e. The summed E-state index contributed by atoms with van der Waals surface area (Å²) in [4.78, 5) is 30.5. The van der Waals surface area contributed by atoms with Crippen molar-refractivity contribution in [1.82, 2.24) is 0 Å². The Kier molecular flexibility index (Phi) is 47.0. The smallest absolute Gasteiger partial charge is 0.303 e. The zero-order chi connectivity index (χ0) is 29.8. The van der Waals surface area contributed by atoms with Gasteiger partial charge in [-0.15, -0.1) is 19.7 Å². The zero-order valence-corrected chi connectivity index (χ0v) is 26.6. The molecule has 0 atom stereocenters. The van der Waals surface area contributed by atoms with Crippen molar-refractivity contribution in [3.05, 3.63) is 38.0 Å². The molecule has 0 unspecified atom stereocenters. The first-order valence-corrected chi connectivity index (χ1v) is 15.3. The van der Waals surface area contributed by atoms with Crippen molar-refractivity contribution in [2.45, 2.75) is 154 Å². The van der Waals surface area contributed by atoms with Gasteiger partial charge in [0.25, 0.3) is 0 Å². The Morgan fingerprint density at radius 3 is 0.725 bits per heavy atom. The first kappa shape index (κ1) is 45.2. The van der Waals surface area contributed by atoms with Gasteiger partial charge >= 0.3 is 17.9 Å². The van der Waals surface area contributed by atoms with E-state index < -0.39 is 17.9 Å². The summed E-state index contributed by atoms with van der Waals surface area (Å²) in [6.45, 7) is 11.0. The van der Waals surface area contributed by atoms with Gasteiger partial charge in [-0.3, -0.25) is 14.4 Å². The van der Waals surface area contributed by atoms with Gasteiger partial charge < -0.3 is 15.3 Å². The van der Waals surface area contributed by atoms with Crippen LogP contribution in [0.2, 0.25) is 0 Å². The third-order valence-corrected chi connectivity index (χ3v) is 6.15. The Bertz CT molecular complexity index is 511. The Labute approximate surface area is 256 Å².